The number of nitrogens with zero attached hydrogens (tertiary/aromatic N) is 3. The number of halogens is 1. The lowest BCUT2D eigenvalue weighted by Crippen LogP contribution is -2.40. The average Bonchev–Trinajstić information content (AvgIpc) is 2.49. The summed E-state index contributed by atoms with van der Waals surface area (Å²) in [6.45, 7) is 1.31. The minimum atomic E-state index is -2.38. The quantitative estimate of drug-likeness (QED) is 0.856. The first-order valence-corrected chi connectivity index (χ1v) is 8.67. The molecule has 1 aromatic carbocycles. The summed E-state index contributed by atoms with van der Waals surface area (Å²) in [6.07, 6.45) is 4.56. The van der Waals surface area contributed by atoms with Gasteiger partial charge in [-0.3, -0.25) is 0 Å². The van der Waals surface area contributed by atoms with Crippen LogP contribution in [0.15, 0.2) is 42.7 Å². The van der Waals surface area contributed by atoms with Gasteiger partial charge in [-0.05, 0) is 18.2 Å². The van der Waals surface area contributed by atoms with Crippen molar-refractivity contribution < 1.29 is 9.28 Å². The molecule has 1 aliphatic heterocycles. The topological polar surface area (TPSA) is 49.2 Å². The molecular formula is C14H16FN3OP+. The Morgan fingerprint density at radius 1 is 1.05 bits per heavy atom. The zero-order valence-electron chi connectivity index (χ0n) is 11.0. The molecule has 0 spiro atoms. The van der Waals surface area contributed by atoms with Gasteiger partial charge in [-0.2, -0.15) is 0 Å². The molecule has 0 atom stereocenters. The first-order valence-electron chi connectivity index (χ1n) is 6.56. The van der Waals surface area contributed by atoms with Gasteiger partial charge in [0.1, 0.15) is 12.3 Å². The lowest BCUT2D eigenvalue weighted by Gasteiger charge is -2.32. The molecule has 3 rings (SSSR count). The molecule has 2 heterocycles. The van der Waals surface area contributed by atoms with Gasteiger partial charge in [-0.1, -0.05) is 12.1 Å². The fraction of sp³-hybridized carbons (Fsp3) is 0.286. The van der Waals surface area contributed by atoms with E-state index in [2.05, 4.69) is 9.97 Å². The van der Waals surface area contributed by atoms with Crippen LogP contribution < -0.4 is 10.2 Å². The molecule has 4 nitrogen and oxygen atoms in total. The van der Waals surface area contributed by atoms with E-state index < -0.39 is 7.49 Å². The first kappa shape index (κ1) is 13.4. The van der Waals surface area contributed by atoms with Crippen LogP contribution in [0.5, 0.6) is 0 Å². The Kier molecular flexibility index (Phi) is 3.64. The largest absolute Gasteiger partial charge is 0.333 e. The number of aromatic nitrogens is 2. The van der Waals surface area contributed by atoms with Gasteiger partial charge >= 0.3 is 0 Å². The van der Waals surface area contributed by atoms with Crippen molar-refractivity contribution >= 4 is 18.7 Å². The fourth-order valence-corrected chi connectivity index (χ4v) is 5.17. The molecule has 0 amide bonds. The van der Waals surface area contributed by atoms with E-state index in [0.717, 1.165) is 0 Å². The third-order valence-electron chi connectivity index (χ3n) is 3.62. The summed E-state index contributed by atoms with van der Waals surface area (Å²) in [6, 6.07) is 8.33. The van der Waals surface area contributed by atoms with Crippen molar-refractivity contribution in [3.63, 3.8) is 0 Å². The Morgan fingerprint density at radius 3 is 2.35 bits per heavy atom. The van der Waals surface area contributed by atoms with Crippen LogP contribution in [0.1, 0.15) is 0 Å². The summed E-state index contributed by atoms with van der Waals surface area (Å²) in [5, 5.41) is 0.494. The van der Waals surface area contributed by atoms with Crippen LogP contribution in [-0.4, -0.2) is 40.3 Å². The third-order valence-corrected chi connectivity index (χ3v) is 6.75. The molecule has 0 radical (unpaired) electrons. The van der Waals surface area contributed by atoms with E-state index in [9.17, 15) is 9.28 Å². The minimum absolute atomic E-state index is 0.298. The zero-order valence-corrected chi connectivity index (χ0v) is 11.9. The van der Waals surface area contributed by atoms with Crippen molar-refractivity contribution in [2.45, 2.75) is 0 Å². The lowest BCUT2D eigenvalue weighted by molar-refractivity contribution is 0.585. The molecule has 20 heavy (non-hydrogen) atoms. The molecule has 1 saturated heterocycles. The van der Waals surface area contributed by atoms with Gasteiger partial charge < -0.3 is 4.90 Å². The standard InChI is InChI=1S/C14H16FN3OP/c15-12-4-1-2-5-13(12)20(19)10-8-18(9-11-20)14-16-6-3-7-17-14/h1-7,19H,8-11H2/q+1. The molecule has 0 bridgehead atoms. The van der Waals surface area contributed by atoms with Crippen molar-refractivity contribution in [3.05, 3.63) is 48.5 Å². The SMILES string of the molecule is O[P+]1(c2ccccc2F)CCN(c2ncccn2)CC1. The number of benzene rings is 1. The predicted molar refractivity (Wildman–Crippen MR) is 79.2 cm³/mol. The van der Waals surface area contributed by atoms with Gasteiger partial charge in [0.25, 0.3) is 0 Å². The van der Waals surface area contributed by atoms with Crippen LogP contribution in [0.25, 0.3) is 0 Å². The Hall–Kier alpha value is -1.58. The van der Waals surface area contributed by atoms with Gasteiger partial charge in [-0.15, -0.1) is 0 Å². The molecule has 2 aromatic rings. The second kappa shape index (κ2) is 5.43. The van der Waals surface area contributed by atoms with E-state index in [1.807, 2.05) is 4.90 Å². The Bertz CT molecular complexity index is 588. The lowest BCUT2D eigenvalue weighted by atomic mass is 10.3. The summed E-state index contributed by atoms with van der Waals surface area (Å²) in [4.78, 5) is 21.3. The number of rotatable bonds is 2. The van der Waals surface area contributed by atoms with E-state index in [0.29, 0.717) is 36.7 Å². The van der Waals surface area contributed by atoms with Crippen LogP contribution in [-0.2, 0) is 0 Å². The molecule has 1 N–H and O–H groups in total. The van der Waals surface area contributed by atoms with Gasteiger partial charge in [0.05, 0.1) is 13.1 Å². The highest BCUT2D eigenvalue weighted by Crippen LogP contribution is 2.55. The normalized spacial score (nSPS) is 18.0. The highest BCUT2D eigenvalue weighted by Gasteiger charge is 2.44. The molecule has 104 valence electrons. The van der Waals surface area contributed by atoms with E-state index in [1.54, 1.807) is 36.7 Å². The van der Waals surface area contributed by atoms with Crippen molar-refractivity contribution in [1.29, 1.82) is 0 Å². The molecule has 1 aromatic heterocycles. The molecule has 0 aliphatic carbocycles. The Balaban J connectivity index is 1.77. The Morgan fingerprint density at radius 2 is 1.70 bits per heavy atom. The van der Waals surface area contributed by atoms with Gasteiger partial charge in [0.15, 0.2) is 18.6 Å². The molecule has 1 fully saturated rings. The molecule has 1 aliphatic rings. The van der Waals surface area contributed by atoms with Crippen molar-refractivity contribution in [2.75, 3.05) is 30.3 Å². The predicted octanol–water partition coefficient (Wildman–Crippen LogP) is 1.69. The Labute approximate surface area is 117 Å². The summed E-state index contributed by atoms with van der Waals surface area (Å²) >= 11 is 0. The first-order chi connectivity index (χ1) is 9.69. The molecule has 0 saturated carbocycles. The number of hydrogen-bond acceptors (Lipinski definition) is 4. The van der Waals surface area contributed by atoms with Gasteiger partial charge in [0.2, 0.25) is 5.95 Å². The van der Waals surface area contributed by atoms with Crippen molar-refractivity contribution in [3.8, 4) is 0 Å². The smallest absolute Gasteiger partial charge is 0.225 e. The summed E-state index contributed by atoms with van der Waals surface area (Å²) in [5.41, 5.74) is 0. The third kappa shape index (κ3) is 2.51. The minimum Gasteiger partial charge on any atom is -0.333 e. The van der Waals surface area contributed by atoms with Crippen LogP contribution in [0.4, 0.5) is 10.3 Å². The molecule has 6 heteroatoms. The van der Waals surface area contributed by atoms with Crippen LogP contribution in [0.2, 0.25) is 0 Å². The monoisotopic (exact) mass is 292 g/mol. The zero-order chi connectivity index (χ0) is 14.0. The maximum absolute atomic E-state index is 13.9. The summed E-state index contributed by atoms with van der Waals surface area (Å²) < 4.78 is 13.9. The summed E-state index contributed by atoms with van der Waals surface area (Å²) in [7, 11) is -2.38. The second-order valence-corrected chi connectivity index (χ2v) is 8.08. The average molecular weight is 292 g/mol. The number of anilines is 1. The van der Waals surface area contributed by atoms with Crippen molar-refractivity contribution in [2.24, 2.45) is 0 Å². The van der Waals surface area contributed by atoms with E-state index in [-0.39, 0.29) is 5.82 Å². The van der Waals surface area contributed by atoms with E-state index >= 15 is 0 Å². The highest BCUT2D eigenvalue weighted by atomic mass is 31.2. The van der Waals surface area contributed by atoms with E-state index in [4.69, 9.17) is 0 Å². The van der Waals surface area contributed by atoms with E-state index in [1.165, 1.54) is 6.07 Å². The maximum atomic E-state index is 13.9. The molecular weight excluding hydrogens is 276 g/mol. The molecule has 0 unspecified atom stereocenters. The highest BCUT2D eigenvalue weighted by molar-refractivity contribution is 7.77. The van der Waals surface area contributed by atoms with Crippen LogP contribution >= 0.6 is 7.49 Å². The van der Waals surface area contributed by atoms with Crippen LogP contribution in [0, 0.1) is 5.82 Å². The van der Waals surface area contributed by atoms with Gasteiger partial charge in [0, 0.05) is 12.4 Å². The second-order valence-electron chi connectivity index (χ2n) is 4.86. The number of hydrogen-bond donors (Lipinski definition) is 1. The van der Waals surface area contributed by atoms with Crippen molar-refractivity contribution in [1.82, 2.24) is 9.97 Å². The fourth-order valence-electron chi connectivity index (χ4n) is 2.48. The summed E-state index contributed by atoms with van der Waals surface area (Å²) in [5.74, 6) is 0.375. The van der Waals surface area contributed by atoms with Gasteiger partial charge in [-0.25, -0.2) is 19.3 Å². The van der Waals surface area contributed by atoms with Crippen LogP contribution in [0.3, 0.4) is 0 Å². The maximum Gasteiger partial charge on any atom is 0.225 e.